The van der Waals surface area contributed by atoms with Gasteiger partial charge in [-0.25, -0.2) is 0 Å². The first kappa shape index (κ1) is 19.3. The van der Waals surface area contributed by atoms with Crippen molar-refractivity contribution in [1.82, 2.24) is 5.32 Å². The van der Waals surface area contributed by atoms with E-state index in [4.69, 9.17) is 0 Å². The van der Waals surface area contributed by atoms with Gasteiger partial charge in [0, 0.05) is 31.1 Å². The lowest BCUT2D eigenvalue weighted by Crippen LogP contribution is -2.25. The van der Waals surface area contributed by atoms with E-state index < -0.39 is 0 Å². The molecule has 1 N–H and O–H groups in total. The number of unbranched alkanes of at least 4 members (excludes halogenated alkanes) is 1. The van der Waals surface area contributed by atoms with Gasteiger partial charge in [0.15, 0.2) is 5.78 Å². The smallest absolute Gasteiger partial charge is 0.223 e. The van der Waals surface area contributed by atoms with Gasteiger partial charge < -0.3 is 10.2 Å². The van der Waals surface area contributed by atoms with Crippen molar-refractivity contribution in [2.75, 3.05) is 24.5 Å². The van der Waals surface area contributed by atoms with E-state index in [1.165, 1.54) is 5.56 Å². The molecule has 4 nitrogen and oxygen atoms in total. The predicted octanol–water partition coefficient (Wildman–Crippen LogP) is 3.78. The number of nitrogens with one attached hydrogen (secondary N) is 1. The van der Waals surface area contributed by atoms with Crippen LogP contribution >= 0.6 is 0 Å². The molecule has 4 heteroatoms. The molecule has 2 aromatic carbocycles. The average molecular weight is 364 g/mol. The largest absolute Gasteiger partial charge is 0.316 e. The van der Waals surface area contributed by atoms with Crippen LogP contribution in [-0.2, 0) is 17.6 Å². The van der Waals surface area contributed by atoms with Gasteiger partial charge in [0.05, 0.1) is 0 Å². The highest BCUT2D eigenvalue weighted by Gasteiger charge is 2.22. The van der Waals surface area contributed by atoms with Crippen LogP contribution in [0.1, 0.15) is 47.7 Å². The van der Waals surface area contributed by atoms with Crippen LogP contribution in [0, 0.1) is 0 Å². The molecule has 0 fully saturated rings. The van der Waals surface area contributed by atoms with E-state index in [1.807, 2.05) is 24.3 Å². The van der Waals surface area contributed by atoms with Gasteiger partial charge in [0.25, 0.3) is 0 Å². The predicted molar refractivity (Wildman–Crippen MR) is 109 cm³/mol. The number of anilines is 1. The fourth-order valence-corrected chi connectivity index (χ4v) is 3.58. The number of amides is 1. The van der Waals surface area contributed by atoms with Gasteiger partial charge in [0.1, 0.15) is 0 Å². The van der Waals surface area contributed by atoms with Crippen molar-refractivity contribution < 1.29 is 9.59 Å². The van der Waals surface area contributed by atoms with Crippen molar-refractivity contribution in [3.8, 4) is 0 Å². The Bertz CT molecular complexity index is 786. The van der Waals surface area contributed by atoms with Crippen molar-refractivity contribution in [3.05, 3.63) is 65.2 Å². The molecule has 1 amide bonds. The van der Waals surface area contributed by atoms with Crippen molar-refractivity contribution in [2.45, 2.75) is 39.0 Å². The number of hydrogen-bond donors (Lipinski definition) is 1. The third-order valence-electron chi connectivity index (χ3n) is 5.12. The van der Waals surface area contributed by atoms with E-state index in [1.54, 1.807) is 11.8 Å². The van der Waals surface area contributed by atoms with E-state index in [9.17, 15) is 9.59 Å². The molecule has 1 heterocycles. The highest BCUT2D eigenvalue weighted by atomic mass is 16.2. The first-order chi connectivity index (χ1) is 13.1. The van der Waals surface area contributed by atoms with Crippen molar-refractivity contribution in [3.63, 3.8) is 0 Å². The first-order valence-corrected chi connectivity index (χ1v) is 9.84. The van der Waals surface area contributed by atoms with Crippen LogP contribution in [0.2, 0.25) is 0 Å². The highest BCUT2D eigenvalue weighted by molar-refractivity contribution is 5.98. The number of fused-ring (bicyclic) bond motifs is 1. The Morgan fingerprint density at radius 3 is 2.63 bits per heavy atom. The molecule has 0 unspecified atom stereocenters. The zero-order chi connectivity index (χ0) is 19.1. The topological polar surface area (TPSA) is 49.4 Å². The standard InChI is InChI=1S/C23H28N2O2/c1-18(26)25-16-13-20-17-21(10-11-22(20)25)23(27)9-5-6-14-24-15-12-19-7-3-2-4-8-19/h2-4,7-8,10-11,17,24H,5-6,9,12-16H2,1H3. The number of nitrogens with zero attached hydrogens (tertiary/aromatic N) is 1. The second-order valence-corrected chi connectivity index (χ2v) is 7.13. The summed E-state index contributed by atoms with van der Waals surface area (Å²) in [4.78, 5) is 25.8. The van der Waals surface area contributed by atoms with E-state index in [2.05, 4.69) is 29.6 Å². The van der Waals surface area contributed by atoms with Crippen LogP contribution in [0.15, 0.2) is 48.5 Å². The SMILES string of the molecule is CC(=O)N1CCc2cc(C(=O)CCCCNCCc3ccccc3)ccc21. The molecule has 0 saturated heterocycles. The van der Waals surface area contributed by atoms with Gasteiger partial charge >= 0.3 is 0 Å². The Kier molecular flexibility index (Phi) is 6.77. The van der Waals surface area contributed by atoms with E-state index >= 15 is 0 Å². The minimum Gasteiger partial charge on any atom is -0.316 e. The summed E-state index contributed by atoms with van der Waals surface area (Å²) in [7, 11) is 0. The molecular weight excluding hydrogens is 336 g/mol. The molecule has 0 atom stereocenters. The average Bonchev–Trinajstić information content (AvgIpc) is 3.11. The molecule has 1 aliphatic rings. The van der Waals surface area contributed by atoms with E-state index in [-0.39, 0.29) is 11.7 Å². The fourth-order valence-electron chi connectivity index (χ4n) is 3.58. The summed E-state index contributed by atoms with van der Waals surface area (Å²) in [6.07, 6.45) is 4.35. The van der Waals surface area contributed by atoms with Gasteiger partial charge in [0.2, 0.25) is 5.91 Å². The number of benzene rings is 2. The van der Waals surface area contributed by atoms with Crippen molar-refractivity contribution in [1.29, 1.82) is 0 Å². The van der Waals surface area contributed by atoms with Crippen LogP contribution in [-0.4, -0.2) is 31.3 Å². The number of Topliss-reactive ketones (excluding diaryl/α,β-unsaturated/α-hetero) is 1. The second-order valence-electron chi connectivity index (χ2n) is 7.13. The molecule has 0 bridgehead atoms. The highest BCUT2D eigenvalue weighted by Crippen LogP contribution is 2.29. The maximum absolute atomic E-state index is 12.4. The molecule has 0 aromatic heterocycles. The molecule has 0 aliphatic carbocycles. The van der Waals surface area contributed by atoms with Gasteiger partial charge in [-0.3, -0.25) is 9.59 Å². The third kappa shape index (κ3) is 5.27. The quantitative estimate of drug-likeness (QED) is 0.544. The summed E-state index contributed by atoms with van der Waals surface area (Å²) in [5.41, 5.74) is 4.19. The van der Waals surface area contributed by atoms with Crippen molar-refractivity contribution in [2.24, 2.45) is 0 Å². The van der Waals surface area contributed by atoms with Crippen LogP contribution in [0.4, 0.5) is 5.69 Å². The van der Waals surface area contributed by atoms with Gasteiger partial charge in [-0.15, -0.1) is 0 Å². The molecule has 0 radical (unpaired) electrons. The van der Waals surface area contributed by atoms with Crippen LogP contribution in [0.3, 0.4) is 0 Å². The summed E-state index contributed by atoms with van der Waals surface area (Å²) in [5.74, 6) is 0.260. The molecule has 3 rings (SSSR count). The zero-order valence-corrected chi connectivity index (χ0v) is 16.0. The molecular formula is C23H28N2O2. The summed E-state index contributed by atoms with van der Waals surface area (Å²) >= 11 is 0. The lowest BCUT2D eigenvalue weighted by atomic mass is 10.0. The Hall–Kier alpha value is -2.46. The lowest BCUT2D eigenvalue weighted by Gasteiger charge is -2.14. The second kappa shape index (κ2) is 9.47. The minimum absolute atomic E-state index is 0.0626. The van der Waals surface area contributed by atoms with Gasteiger partial charge in [-0.1, -0.05) is 30.3 Å². The molecule has 0 saturated carbocycles. The Morgan fingerprint density at radius 2 is 1.85 bits per heavy atom. The van der Waals surface area contributed by atoms with Crippen LogP contribution < -0.4 is 10.2 Å². The molecule has 0 spiro atoms. The summed E-state index contributed by atoms with van der Waals surface area (Å²) in [6.45, 7) is 4.21. The van der Waals surface area contributed by atoms with Crippen LogP contribution in [0.5, 0.6) is 0 Å². The van der Waals surface area contributed by atoms with Crippen molar-refractivity contribution >= 4 is 17.4 Å². The number of hydrogen-bond acceptors (Lipinski definition) is 3. The fraction of sp³-hybridized carbons (Fsp3) is 0.391. The van der Waals surface area contributed by atoms with Crippen LogP contribution in [0.25, 0.3) is 0 Å². The molecule has 1 aliphatic heterocycles. The lowest BCUT2D eigenvalue weighted by molar-refractivity contribution is -0.116. The number of rotatable bonds is 9. The van der Waals surface area contributed by atoms with Gasteiger partial charge in [-0.05, 0) is 68.1 Å². The number of carbonyl (C=O) groups excluding carboxylic acids is 2. The summed E-state index contributed by atoms with van der Waals surface area (Å²) in [5, 5.41) is 3.45. The normalized spacial score (nSPS) is 12.9. The Labute approximate surface area is 161 Å². The summed E-state index contributed by atoms with van der Waals surface area (Å²) in [6, 6.07) is 16.2. The Morgan fingerprint density at radius 1 is 1.04 bits per heavy atom. The molecule has 27 heavy (non-hydrogen) atoms. The Balaban J connectivity index is 1.36. The number of carbonyl (C=O) groups is 2. The molecule has 142 valence electrons. The van der Waals surface area contributed by atoms with E-state index in [0.29, 0.717) is 6.42 Å². The first-order valence-electron chi connectivity index (χ1n) is 9.84. The summed E-state index contributed by atoms with van der Waals surface area (Å²) < 4.78 is 0. The minimum atomic E-state index is 0.0626. The number of ketones is 1. The molecule has 2 aromatic rings. The van der Waals surface area contributed by atoms with E-state index in [0.717, 1.165) is 62.1 Å². The third-order valence-corrected chi connectivity index (χ3v) is 5.12. The maximum atomic E-state index is 12.4. The van der Waals surface area contributed by atoms with Gasteiger partial charge in [-0.2, -0.15) is 0 Å². The zero-order valence-electron chi connectivity index (χ0n) is 16.0. The monoisotopic (exact) mass is 364 g/mol. The maximum Gasteiger partial charge on any atom is 0.223 e.